The quantitative estimate of drug-likeness (QED) is 0.418. The summed E-state index contributed by atoms with van der Waals surface area (Å²) in [7, 11) is 0. The Morgan fingerprint density at radius 3 is 2.29 bits per heavy atom. The van der Waals surface area contributed by atoms with Crippen LogP contribution in [-0.2, 0) is 0 Å². The van der Waals surface area contributed by atoms with Gasteiger partial charge in [-0.3, -0.25) is 4.90 Å². The van der Waals surface area contributed by atoms with Crippen LogP contribution in [0.5, 0.6) is 0 Å². The van der Waals surface area contributed by atoms with Crippen molar-refractivity contribution >= 4 is 11.6 Å². The van der Waals surface area contributed by atoms with Crippen LogP contribution in [0.2, 0.25) is 5.02 Å². The van der Waals surface area contributed by atoms with Crippen LogP contribution in [-0.4, -0.2) is 29.4 Å². The summed E-state index contributed by atoms with van der Waals surface area (Å²) >= 11 is 6.21. The zero-order valence-electron chi connectivity index (χ0n) is 21.2. The van der Waals surface area contributed by atoms with Crippen LogP contribution in [0.3, 0.4) is 0 Å². The molecular weight excluding hydrogens is 436 g/mol. The van der Waals surface area contributed by atoms with Crippen molar-refractivity contribution in [2.45, 2.75) is 46.7 Å². The molecule has 0 radical (unpaired) electrons. The molecule has 2 aromatic rings. The van der Waals surface area contributed by atoms with Gasteiger partial charge in [-0.2, -0.15) is 0 Å². The van der Waals surface area contributed by atoms with Crippen LogP contribution in [0.15, 0.2) is 84.1 Å². The molecule has 0 N–H and O–H groups in total. The molecule has 0 amide bonds. The lowest BCUT2D eigenvalue weighted by Gasteiger charge is -2.47. The summed E-state index contributed by atoms with van der Waals surface area (Å²) in [5.41, 5.74) is 7.32. The zero-order valence-corrected chi connectivity index (χ0v) is 21.9. The second kappa shape index (κ2) is 11.6. The van der Waals surface area contributed by atoms with Crippen LogP contribution in [0.1, 0.15) is 63.4 Å². The standard InChI is InChI=1S/C29H31ClN2.C2H6/c1-6-24-8-10-25(11-9-24)23(5)31-17-18-32(28-16-7-20(2)21(3)22(28)4)29(19-31)26-12-14-27(30)15-13-26;1-2/h1,7-16,21,23,29H,4,17-19H2,2-3,5H3;1-2H3. The summed E-state index contributed by atoms with van der Waals surface area (Å²) in [5.74, 6) is 3.08. The van der Waals surface area contributed by atoms with Crippen LogP contribution in [0, 0.1) is 18.3 Å². The predicted octanol–water partition coefficient (Wildman–Crippen LogP) is 7.80. The zero-order chi connectivity index (χ0) is 24.8. The molecule has 1 fully saturated rings. The van der Waals surface area contributed by atoms with E-state index in [2.05, 4.69) is 79.5 Å². The van der Waals surface area contributed by atoms with Crippen molar-refractivity contribution in [2.24, 2.45) is 5.92 Å². The maximum Gasteiger partial charge on any atom is 0.0670 e. The molecule has 1 aliphatic carbocycles. The maximum absolute atomic E-state index is 6.21. The Hall–Kier alpha value is -2.73. The fourth-order valence-electron chi connectivity index (χ4n) is 4.72. The third kappa shape index (κ3) is 5.49. The summed E-state index contributed by atoms with van der Waals surface area (Å²) < 4.78 is 0. The lowest BCUT2D eigenvalue weighted by Crippen LogP contribution is -2.49. The maximum atomic E-state index is 6.21. The Kier molecular flexibility index (Phi) is 8.84. The van der Waals surface area contributed by atoms with Crippen molar-refractivity contribution in [3.63, 3.8) is 0 Å². The van der Waals surface area contributed by atoms with Crippen molar-refractivity contribution in [3.8, 4) is 12.3 Å². The van der Waals surface area contributed by atoms with Gasteiger partial charge in [-0.1, -0.05) is 80.8 Å². The van der Waals surface area contributed by atoms with Gasteiger partial charge < -0.3 is 4.90 Å². The van der Waals surface area contributed by atoms with Gasteiger partial charge in [0.15, 0.2) is 0 Å². The first-order chi connectivity index (χ1) is 16.4. The Balaban J connectivity index is 0.00000158. The number of rotatable bonds is 4. The normalized spacial score (nSPS) is 21.6. The summed E-state index contributed by atoms with van der Waals surface area (Å²) in [6.07, 6.45) is 10.0. The summed E-state index contributed by atoms with van der Waals surface area (Å²) in [4.78, 5) is 5.10. The Morgan fingerprint density at radius 1 is 1.03 bits per heavy atom. The predicted molar refractivity (Wildman–Crippen MR) is 147 cm³/mol. The molecule has 1 saturated heterocycles. The van der Waals surface area contributed by atoms with Gasteiger partial charge in [0.2, 0.25) is 0 Å². The van der Waals surface area contributed by atoms with Gasteiger partial charge in [-0.25, -0.2) is 0 Å². The van der Waals surface area contributed by atoms with Crippen molar-refractivity contribution in [2.75, 3.05) is 19.6 Å². The number of allylic oxidation sites excluding steroid dienone is 4. The van der Waals surface area contributed by atoms with Crippen molar-refractivity contribution in [1.29, 1.82) is 0 Å². The monoisotopic (exact) mass is 472 g/mol. The van der Waals surface area contributed by atoms with Gasteiger partial charge in [-0.05, 0) is 60.9 Å². The highest BCUT2D eigenvalue weighted by Crippen LogP contribution is 2.39. The lowest BCUT2D eigenvalue weighted by molar-refractivity contribution is 0.0745. The minimum atomic E-state index is 0.232. The number of hydrogen-bond acceptors (Lipinski definition) is 2. The number of piperazine rings is 1. The summed E-state index contributed by atoms with van der Waals surface area (Å²) in [6, 6.07) is 17.2. The first kappa shape index (κ1) is 25.9. The van der Waals surface area contributed by atoms with Gasteiger partial charge in [0.05, 0.1) is 6.04 Å². The van der Waals surface area contributed by atoms with Crippen LogP contribution >= 0.6 is 11.6 Å². The summed E-state index contributed by atoms with van der Waals surface area (Å²) in [6.45, 7) is 18.0. The topological polar surface area (TPSA) is 6.48 Å². The van der Waals surface area contributed by atoms with E-state index in [0.29, 0.717) is 12.0 Å². The molecule has 0 aromatic heterocycles. The minimum absolute atomic E-state index is 0.232. The van der Waals surface area contributed by atoms with E-state index in [0.717, 1.165) is 30.2 Å². The molecule has 3 atom stereocenters. The van der Waals surface area contributed by atoms with Gasteiger partial charge in [0, 0.05) is 47.9 Å². The van der Waals surface area contributed by atoms with E-state index < -0.39 is 0 Å². The van der Waals surface area contributed by atoms with E-state index >= 15 is 0 Å². The van der Waals surface area contributed by atoms with E-state index in [1.807, 2.05) is 38.1 Å². The van der Waals surface area contributed by atoms with E-state index in [1.165, 1.54) is 28.0 Å². The SMILES string of the molecule is C#Cc1ccc(C(C)N2CCN(C3=CC=C(C)C(C)C3=C)C(c3ccc(Cl)cc3)C2)cc1.CC. The fraction of sp³-hybridized carbons (Fsp3) is 0.355. The Labute approximate surface area is 211 Å². The van der Waals surface area contributed by atoms with Gasteiger partial charge in [0.25, 0.3) is 0 Å². The molecule has 2 nitrogen and oxygen atoms in total. The third-order valence-electron chi connectivity index (χ3n) is 7.12. The molecular formula is C31H37ClN2. The highest BCUT2D eigenvalue weighted by molar-refractivity contribution is 6.30. The third-order valence-corrected chi connectivity index (χ3v) is 7.37. The van der Waals surface area contributed by atoms with Gasteiger partial charge in [-0.15, -0.1) is 6.42 Å². The van der Waals surface area contributed by atoms with E-state index in [1.54, 1.807) is 0 Å². The van der Waals surface area contributed by atoms with E-state index in [9.17, 15) is 0 Å². The van der Waals surface area contributed by atoms with Crippen molar-refractivity contribution < 1.29 is 0 Å². The van der Waals surface area contributed by atoms with Gasteiger partial charge >= 0.3 is 0 Å². The molecule has 1 aliphatic heterocycles. The molecule has 178 valence electrons. The highest BCUT2D eigenvalue weighted by atomic mass is 35.5. The van der Waals surface area contributed by atoms with Crippen molar-refractivity contribution in [3.05, 3.63) is 106 Å². The van der Waals surface area contributed by atoms with Crippen LogP contribution in [0.25, 0.3) is 0 Å². The smallest absolute Gasteiger partial charge is 0.0670 e. The molecule has 4 rings (SSSR count). The number of nitrogens with zero attached hydrogens (tertiary/aromatic N) is 2. The average molecular weight is 473 g/mol. The molecule has 0 bridgehead atoms. The number of benzene rings is 2. The number of terminal acetylenes is 1. The molecule has 2 aromatic carbocycles. The average Bonchev–Trinajstić information content (AvgIpc) is 2.88. The lowest BCUT2D eigenvalue weighted by atomic mass is 9.86. The second-order valence-corrected chi connectivity index (χ2v) is 9.34. The minimum Gasteiger partial charge on any atom is -0.362 e. The molecule has 0 saturated carbocycles. The molecule has 3 heteroatoms. The first-order valence-corrected chi connectivity index (χ1v) is 12.7. The first-order valence-electron chi connectivity index (χ1n) is 12.3. The molecule has 1 heterocycles. The van der Waals surface area contributed by atoms with Crippen molar-refractivity contribution in [1.82, 2.24) is 9.80 Å². The largest absolute Gasteiger partial charge is 0.362 e. The van der Waals surface area contributed by atoms with Crippen LogP contribution < -0.4 is 0 Å². The number of hydrogen-bond donors (Lipinski definition) is 0. The molecule has 0 spiro atoms. The number of halogens is 1. The molecule has 34 heavy (non-hydrogen) atoms. The highest BCUT2D eigenvalue weighted by Gasteiger charge is 2.34. The molecule has 2 aliphatic rings. The van der Waals surface area contributed by atoms with E-state index in [-0.39, 0.29) is 6.04 Å². The summed E-state index contributed by atoms with van der Waals surface area (Å²) in [5, 5.41) is 0.767. The second-order valence-electron chi connectivity index (χ2n) is 8.91. The van der Waals surface area contributed by atoms with Crippen LogP contribution in [0.4, 0.5) is 0 Å². The Morgan fingerprint density at radius 2 is 1.68 bits per heavy atom. The van der Waals surface area contributed by atoms with E-state index in [4.69, 9.17) is 18.0 Å². The fourth-order valence-corrected chi connectivity index (χ4v) is 4.85. The Bertz CT molecular complexity index is 1090. The van der Waals surface area contributed by atoms with Gasteiger partial charge in [0.1, 0.15) is 0 Å². The molecule has 3 unspecified atom stereocenters.